The Morgan fingerprint density at radius 1 is 1.07 bits per heavy atom. The van der Waals surface area contributed by atoms with E-state index in [9.17, 15) is 9.59 Å². The standard InChI is InChI=1S/C23H23NO4/c1-2-27-22(26)23(19-6-4-3-5-7-19)11-13-24(14-12-23)21(25)18-8-9-20-17(16-18)10-15-28-20/h3-10,15-16H,2,11-14H2,1H3. The van der Waals surface area contributed by atoms with Crippen molar-refractivity contribution in [3.8, 4) is 0 Å². The number of esters is 1. The number of carbonyl (C=O) groups excluding carboxylic acids is 2. The topological polar surface area (TPSA) is 59.8 Å². The molecule has 0 radical (unpaired) electrons. The number of furan rings is 1. The molecular weight excluding hydrogens is 354 g/mol. The van der Waals surface area contributed by atoms with Gasteiger partial charge in [-0.3, -0.25) is 9.59 Å². The Hall–Kier alpha value is -3.08. The van der Waals surface area contributed by atoms with Gasteiger partial charge in [0, 0.05) is 24.0 Å². The highest BCUT2D eigenvalue weighted by Crippen LogP contribution is 2.37. The Kier molecular flexibility index (Phi) is 4.90. The molecule has 0 atom stereocenters. The number of amides is 1. The number of ether oxygens (including phenoxy) is 1. The van der Waals surface area contributed by atoms with Crippen LogP contribution in [0.1, 0.15) is 35.7 Å². The van der Waals surface area contributed by atoms with Crippen molar-refractivity contribution in [3.63, 3.8) is 0 Å². The van der Waals surface area contributed by atoms with Crippen molar-refractivity contribution in [2.75, 3.05) is 19.7 Å². The Labute approximate surface area is 163 Å². The zero-order valence-corrected chi connectivity index (χ0v) is 15.9. The lowest BCUT2D eigenvalue weighted by atomic mass is 9.72. The van der Waals surface area contributed by atoms with Crippen molar-refractivity contribution >= 4 is 22.8 Å². The molecule has 4 rings (SSSR count). The average Bonchev–Trinajstić information content (AvgIpc) is 3.22. The third kappa shape index (κ3) is 3.17. The molecule has 144 valence electrons. The molecule has 28 heavy (non-hydrogen) atoms. The first-order valence-corrected chi connectivity index (χ1v) is 9.63. The minimum Gasteiger partial charge on any atom is -0.465 e. The first-order valence-electron chi connectivity index (χ1n) is 9.63. The quantitative estimate of drug-likeness (QED) is 0.640. The zero-order valence-electron chi connectivity index (χ0n) is 15.9. The van der Waals surface area contributed by atoms with Gasteiger partial charge < -0.3 is 14.1 Å². The van der Waals surface area contributed by atoms with Gasteiger partial charge in [-0.15, -0.1) is 0 Å². The second kappa shape index (κ2) is 7.50. The Morgan fingerprint density at radius 2 is 1.82 bits per heavy atom. The van der Waals surface area contributed by atoms with Crippen molar-refractivity contribution in [1.29, 1.82) is 0 Å². The van der Waals surface area contributed by atoms with Gasteiger partial charge >= 0.3 is 5.97 Å². The Morgan fingerprint density at radius 3 is 2.54 bits per heavy atom. The van der Waals surface area contributed by atoms with Gasteiger partial charge in [-0.1, -0.05) is 30.3 Å². The van der Waals surface area contributed by atoms with E-state index in [0.717, 1.165) is 16.5 Å². The molecule has 1 aliphatic heterocycles. The van der Waals surface area contributed by atoms with Gasteiger partial charge in [0.2, 0.25) is 0 Å². The molecule has 0 unspecified atom stereocenters. The predicted octanol–water partition coefficient (Wildman–Crippen LogP) is 4.17. The van der Waals surface area contributed by atoms with Crippen LogP contribution in [0.2, 0.25) is 0 Å². The number of piperidine rings is 1. The fourth-order valence-electron chi connectivity index (χ4n) is 4.01. The fraction of sp³-hybridized carbons (Fsp3) is 0.304. The molecule has 0 spiro atoms. The maximum Gasteiger partial charge on any atom is 0.316 e. The molecular formula is C23H23NO4. The van der Waals surface area contributed by atoms with Gasteiger partial charge in [0.05, 0.1) is 18.3 Å². The molecule has 0 bridgehead atoms. The maximum absolute atomic E-state index is 13.0. The van der Waals surface area contributed by atoms with Gasteiger partial charge in [-0.2, -0.15) is 0 Å². The van der Waals surface area contributed by atoms with Crippen LogP contribution in [-0.2, 0) is 14.9 Å². The molecule has 1 fully saturated rings. The summed E-state index contributed by atoms with van der Waals surface area (Å²) < 4.78 is 10.8. The van der Waals surface area contributed by atoms with Crippen molar-refractivity contribution < 1.29 is 18.7 Å². The number of carbonyl (C=O) groups is 2. The van der Waals surface area contributed by atoms with Gasteiger partial charge in [-0.25, -0.2) is 0 Å². The first-order chi connectivity index (χ1) is 13.6. The molecule has 0 N–H and O–H groups in total. The third-order valence-electron chi connectivity index (χ3n) is 5.60. The fourth-order valence-corrected chi connectivity index (χ4v) is 4.01. The lowest BCUT2D eigenvalue weighted by molar-refractivity contribution is -0.152. The first kappa shape index (κ1) is 18.3. The molecule has 1 aliphatic rings. The largest absolute Gasteiger partial charge is 0.465 e. The smallest absolute Gasteiger partial charge is 0.316 e. The van der Waals surface area contributed by atoms with Crippen LogP contribution in [0.3, 0.4) is 0 Å². The molecule has 1 amide bonds. The van der Waals surface area contributed by atoms with Gasteiger partial charge in [0.15, 0.2) is 0 Å². The van der Waals surface area contributed by atoms with E-state index < -0.39 is 5.41 Å². The second-order valence-electron chi connectivity index (χ2n) is 7.13. The minimum atomic E-state index is -0.692. The number of benzene rings is 2. The van der Waals surface area contributed by atoms with Crippen molar-refractivity contribution in [2.24, 2.45) is 0 Å². The van der Waals surface area contributed by atoms with Gasteiger partial charge in [0.25, 0.3) is 5.91 Å². The summed E-state index contributed by atoms with van der Waals surface area (Å²) in [6.45, 7) is 3.19. The molecule has 2 heterocycles. The lowest BCUT2D eigenvalue weighted by Crippen LogP contribution is -2.49. The van der Waals surface area contributed by atoms with E-state index in [2.05, 4.69) is 0 Å². The Bertz CT molecular complexity index is 984. The summed E-state index contributed by atoms with van der Waals surface area (Å²) in [6.07, 6.45) is 2.72. The summed E-state index contributed by atoms with van der Waals surface area (Å²) >= 11 is 0. The molecule has 5 nitrogen and oxygen atoms in total. The third-order valence-corrected chi connectivity index (χ3v) is 5.60. The van der Waals surface area contributed by atoms with E-state index in [1.807, 2.05) is 60.4 Å². The average molecular weight is 377 g/mol. The number of likely N-dealkylation sites (tertiary alicyclic amines) is 1. The lowest BCUT2D eigenvalue weighted by Gasteiger charge is -2.40. The molecule has 2 aromatic carbocycles. The summed E-state index contributed by atoms with van der Waals surface area (Å²) in [4.78, 5) is 27.7. The number of nitrogens with zero attached hydrogens (tertiary/aromatic N) is 1. The summed E-state index contributed by atoms with van der Waals surface area (Å²) in [7, 11) is 0. The van der Waals surface area contributed by atoms with Crippen LogP contribution < -0.4 is 0 Å². The summed E-state index contributed by atoms with van der Waals surface area (Å²) in [5, 5.41) is 0.910. The maximum atomic E-state index is 13.0. The van der Waals surface area contributed by atoms with Crippen LogP contribution in [0, 0.1) is 0 Å². The van der Waals surface area contributed by atoms with E-state index in [-0.39, 0.29) is 11.9 Å². The van der Waals surface area contributed by atoms with Gasteiger partial charge in [-0.05, 0) is 49.6 Å². The summed E-state index contributed by atoms with van der Waals surface area (Å²) in [5.41, 5.74) is 1.67. The van der Waals surface area contributed by atoms with Crippen LogP contribution in [0.15, 0.2) is 65.3 Å². The van der Waals surface area contributed by atoms with Crippen LogP contribution >= 0.6 is 0 Å². The molecule has 0 saturated carbocycles. The monoisotopic (exact) mass is 377 g/mol. The number of rotatable bonds is 4. The number of hydrogen-bond donors (Lipinski definition) is 0. The summed E-state index contributed by atoms with van der Waals surface area (Å²) in [6, 6.07) is 17.1. The number of fused-ring (bicyclic) bond motifs is 1. The predicted molar refractivity (Wildman–Crippen MR) is 106 cm³/mol. The van der Waals surface area contributed by atoms with E-state index in [4.69, 9.17) is 9.15 Å². The van der Waals surface area contributed by atoms with Crippen molar-refractivity contribution in [1.82, 2.24) is 4.90 Å². The molecule has 3 aromatic rings. The molecule has 0 aliphatic carbocycles. The number of hydrogen-bond acceptors (Lipinski definition) is 4. The molecule has 1 saturated heterocycles. The van der Waals surface area contributed by atoms with Crippen LogP contribution in [0.25, 0.3) is 11.0 Å². The van der Waals surface area contributed by atoms with Crippen LogP contribution in [0.4, 0.5) is 0 Å². The van der Waals surface area contributed by atoms with E-state index in [0.29, 0.717) is 38.1 Å². The summed E-state index contributed by atoms with van der Waals surface area (Å²) in [5.74, 6) is -0.221. The van der Waals surface area contributed by atoms with Crippen LogP contribution in [0.5, 0.6) is 0 Å². The van der Waals surface area contributed by atoms with E-state index in [1.165, 1.54) is 0 Å². The molecule has 5 heteroatoms. The highest BCUT2D eigenvalue weighted by atomic mass is 16.5. The van der Waals surface area contributed by atoms with E-state index >= 15 is 0 Å². The van der Waals surface area contributed by atoms with E-state index in [1.54, 1.807) is 12.3 Å². The highest BCUT2D eigenvalue weighted by molar-refractivity contribution is 5.98. The zero-order chi connectivity index (χ0) is 19.6. The second-order valence-corrected chi connectivity index (χ2v) is 7.13. The normalized spacial score (nSPS) is 16.1. The van der Waals surface area contributed by atoms with Crippen LogP contribution in [-0.4, -0.2) is 36.5 Å². The van der Waals surface area contributed by atoms with Crippen molar-refractivity contribution in [3.05, 3.63) is 72.0 Å². The highest BCUT2D eigenvalue weighted by Gasteiger charge is 2.45. The van der Waals surface area contributed by atoms with Crippen molar-refractivity contribution in [2.45, 2.75) is 25.2 Å². The molecule has 1 aromatic heterocycles. The Balaban J connectivity index is 1.55. The SMILES string of the molecule is CCOC(=O)C1(c2ccccc2)CCN(C(=O)c2ccc3occc3c2)CC1. The van der Waals surface area contributed by atoms with Gasteiger partial charge in [0.1, 0.15) is 5.58 Å². The minimum absolute atomic E-state index is 0.0198.